The molecule has 1 rings (SSSR count). The molecular weight excluding hydrogens is 172 g/mol. The molecule has 0 atom stereocenters. The Morgan fingerprint density at radius 1 is 1.43 bits per heavy atom. The fourth-order valence-corrected chi connectivity index (χ4v) is 1.06. The van der Waals surface area contributed by atoms with E-state index in [1.165, 1.54) is 0 Å². The third-order valence-electron chi connectivity index (χ3n) is 2.14. The summed E-state index contributed by atoms with van der Waals surface area (Å²) in [6.07, 6.45) is 5.36. The summed E-state index contributed by atoms with van der Waals surface area (Å²) in [6.45, 7) is 4.63. The first kappa shape index (κ1) is 10.6. The number of nitrogen functional groups attached to an aromatic ring is 1. The van der Waals surface area contributed by atoms with Gasteiger partial charge in [-0.1, -0.05) is 24.1 Å². The highest BCUT2D eigenvalue weighted by molar-refractivity contribution is 5.46. The lowest BCUT2D eigenvalue weighted by Gasteiger charge is -2.20. The molecule has 0 heterocycles. The zero-order chi connectivity index (χ0) is 10.6. The van der Waals surface area contributed by atoms with E-state index in [-0.39, 0.29) is 5.54 Å². The van der Waals surface area contributed by atoms with Crippen LogP contribution in [0.2, 0.25) is 0 Å². The SMILES string of the molecule is C#CC(C)(C)NCc1ccccc1N. The molecule has 0 unspecified atom stereocenters. The van der Waals surface area contributed by atoms with Gasteiger partial charge in [0, 0.05) is 12.2 Å². The molecule has 0 fully saturated rings. The maximum Gasteiger partial charge on any atom is 0.0743 e. The topological polar surface area (TPSA) is 38.0 Å². The van der Waals surface area contributed by atoms with E-state index in [0.717, 1.165) is 11.3 Å². The Balaban J connectivity index is 2.64. The van der Waals surface area contributed by atoms with Gasteiger partial charge in [0.2, 0.25) is 0 Å². The van der Waals surface area contributed by atoms with E-state index in [9.17, 15) is 0 Å². The molecule has 0 aromatic heterocycles. The van der Waals surface area contributed by atoms with E-state index < -0.39 is 0 Å². The van der Waals surface area contributed by atoms with Crippen molar-refractivity contribution in [2.75, 3.05) is 5.73 Å². The van der Waals surface area contributed by atoms with Gasteiger partial charge in [-0.15, -0.1) is 6.42 Å². The van der Waals surface area contributed by atoms with E-state index in [1.54, 1.807) is 0 Å². The average Bonchev–Trinajstić information content (AvgIpc) is 2.17. The number of anilines is 1. The molecule has 0 aliphatic rings. The van der Waals surface area contributed by atoms with Crippen molar-refractivity contribution in [3.63, 3.8) is 0 Å². The molecule has 2 heteroatoms. The van der Waals surface area contributed by atoms with E-state index in [4.69, 9.17) is 12.2 Å². The van der Waals surface area contributed by atoms with Crippen LogP contribution in [-0.4, -0.2) is 5.54 Å². The van der Waals surface area contributed by atoms with Crippen molar-refractivity contribution in [2.24, 2.45) is 0 Å². The van der Waals surface area contributed by atoms with Gasteiger partial charge in [-0.3, -0.25) is 5.32 Å². The Kier molecular flexibility index (Phi) is 3.16. The van der Waals surface area contributed by atoms with Crippen molar-refractivity contribution in [3.8, 4) is 12.3 Å². The predicted octanol–water partition coefficient (Wildman–Crippen LogP) is 1.77. The Labute approximate surface area is 85.5 Å². The van der Waals surface area contributed by atoms with Crippen LogP contribution in [-0.2, 0) is 6.54 Å². The number of benzene rings is 1. The number of terminal acetylenes is 1. The van der Waals surface area contributed by atoms with Crippen molar-refractivity contribution < 1.29 is 0 Å². The van der Waals surface area contributed by atoms with Gasteiger partial charge in [0.15, 0.2) is 0 Å². The molecule has 3 N–H and O–H groups in total. The average molecular weight is 188 g/mol. The van der Waals surface area contributed by atoms with Gasteiger partial charge in [-0.2, -0.15) is 0 Å². The lowest BCUT2D eigenvalue weighted by atomic mass is 10.1. The highest BCUT2D eigenvalue weighted by atomic mass is 14.9. The van der Waals surface area contributed by atoms with Crippen molar-refractivity contribution in [3.05, 3.63) is 29.8 Å². The first-order valence-electron chi connectivity index (χ1n) is 4.61. The monoisotopic (exact) mass is 188 g/mol. The van der Waals surface area contributed by atoms with Crippen molar-refractivity contribution >= 4 is 5.69 Å². The molecule has 0 spiro atoms. The Morgan fingerprint density at radius 3 is 2.64 bits per heavy atom. The first-order chi connectivity index (χ1) is 6.55. The minimum atomic E-state index is -0.289. The van der Waals surface area contributed by atoms with E-state index in [1.807, 2.05) is 38.1 Å². The Morgan fingerprint density at radius 2 is 2.07 bits per heavy atom. The van der Waals surface area contributed by atoms with Gasteiger partial charge < -0.3 is 5.73 Å². The third kappa shape index (κ3) is 2.79. The summed E-state index contributed by atoms with van der Waals surface area (Å²) in [7, 11) is 0. The summed E-state index contributed by atoms with van der Waals surface area (Å²) in [5, 5.41) is 3.25. The molecule has 0 bridgehead atoms. The van der Waals surface area contributed by atoms with Crippen LogP contribution in [0.25, 0.3) is 0 Å². The quantitative estimate of drug-likeness (QED) is 0.560. The molecule has 2 nitrogen and oxygen atoms in total. The zero-order valence-electron chi connectivity index (χ0n) is 8.67. The van der Waals surface area contributed by atoms with Crippen molar-refractivity contribution in [1.82, 2.24) is 5.32 Å². The van der Waals surface area contributed by atoms with Crippen LogP contribution in [0.1, 0.15) is 19.4 Å². The highest BCUT2D eigenvalue weighted by Gasteiger charge is 2.12. The molecular formula is C12H16N2. The Hall–Kier alpha value is -1.46. The van der Waals surface area contributed by atoms with Gasteiger partial charge in [-0.25, -0.2) is 0 Å². The van der Waals surface area contributed by atoms with Crippen LogP contribution in [0.15, 0.2) is 24.3 Å². The maximum absolute atomic E-state index is 5.80. The first-order valence-corrected chi connectivity index (χ1v) is 4.61. The second kappa shape index (κ2) is 4.17. The summed E-state index contributed by atoms with van der Waals surface area (Å²) < 4.78 is 0. The van der Waals surface area contributed by atoms with Crippen LogP contribution < -0.4 is 11.1 Å². The summed E-state index contributed by atoms with van der Waals surface area (Å²) in [6, 6.07) is 7.77. The number of nitrogens with one attached hydrogen (secondary N) is 1. The normalized spacial score (nSPS) is 10.9. The minimum absolute atomic E-state index is 0.289. The summed E-state index contributed by atoms with van der Waals surface area (Å²) >= 11 is 0. The van der Waals surface area contributed by atoms with E-state index in [2.05, 4.69) is 11.2 Å². The van der Waals surface area contributed by atoms with E-state index in [0.29, 0.717) is 6.54 Å². The minimum Gasteiger partial charge on any atom is -0.398 e. The van der Waals surface area contributed by atoms with Crippen LogP contribution in [0.5, 0.6) is 0 Å². The summed E-state index contributed by atoms with van der Waals surface area (Å²) in [5.74, 6) is 2.68. The lowest BCUT2D eigenvalue weighted by molar-refractivity contribution is 0.491. The standard InChI is InChI=1S/C12H16N2/c1-4-12(2,3)14-9-10-7-5-6-8-11(10)13/h1,5-8,14H,9,13H2,2-3H3. The molecule has 0 amide bonds. The molecule has 0 saturated carbocycles. The number of rotatable bonds is 3. The molecule has 1 aromatic rings. The summed E-state index contributed by atoms with van der Waals surface area (Å²) in [5.41, 5.74) is 7.39. The molecule has 0 aliphatic heterocycles. The number of hydrogen-bond donors (Lipinski definition) is 2. The van der Waals surface area contributed by atoms with Gasteiger partial charge in [0.25, 0.3) is 0 Å². The van der Waals surface area contributed by atoms with Crippen LogP contribution >= 0.6 is 0 Å². The van der Waals surface area contributed by atoms with Crippen LogP contribution in [0.3, 0.4) is 0 Å². The fraction of sp³-hybridized carbons (Fsp3) is 0.333. The number of hydrogen-bond acceptors (Lipinski definition) is 2. The highest BCUT2D eigenvalue weighted by Crippen LogP contribution is 2.11. The van der Waals surface area contributed by atoms with Crippen molar-refractivity contribution in [2.45, 2.75) is 25.9 Å². The molecule has 14 heavy (non-hydrogen) atoms. The van der Waals surface area contributed by atoms with E-state index >= 15 is 0 Å². The molecule has 0 saturated heterocycles. The Bertz CT molecular complexity index is 348. The predicted molar refractivity (Wildman–Crippen MR) is 60.6 cm³/mol. The number of para-hydroxylation sites is 1. The van der Waals surface area contributed by atoms with Crippen LogP contribution in [0, 0.1) is 12.3 Å². The molecule has 74 valence electrons. The lowest BCUT2D eigenvalue weighted by Crippen LogP contribution is -2.37. The van der Waals surface area contributed by atoms with Crippen LogP contribution in [0.4, 0.5) is 5.69 Å². The van der Waals surface area contributed by atoms with Gasteiger partial charge in [0.05, 0.1) is 5.54 Å². The van der Waals surface area contributed by atoms with Gasteiger partial charge in [-0.05, 0) is 25.5 Å². The van der Waals surface area contributed by atoms with Crippen molar-refractivity contribution in [1.29, 1.82) is 0 Å². The molecule has 0 radical (unpaired) electrons. The fourth-order valence-electron chi connectivity index (χ4n) is 1.06. The molecule has 0 aliphatic carbocycles. The van der Waals surface area contributed by atoms with Gasteiger partial charge >= 0.3 is 0 Å². The molecule has 1 aromatic carbocycles. The third-order valence-corrected chi connectivity index (χ3v) is 2.14. The zero-order valence-corrected chi connectivity index (χ0v) is 8.67. The summed E-state index contributed by atoms with van der Waals surface area (Å²) in [4.78, 5) is 0. The smallest absolute Gasteiger partial charge is 0.0743 e. The largest absolute Gasteiger partial charge is 0.398 e. The maximum atomic E-state index is 5.80. The second-order valence-electron chi connectivity index (χ2n) is 3.82. The van der Waals surface area contributed by atoms with Gasteiger partial charge in [0.1, 0.15) is 0 Å². The second-order valence-corrected chi connectivity index (χ2v) is 3.82. The number of nitrogens with two attached hydrogens (primary N) is 1.